The van der Waals surface area contributed by atoms with Gasteiger partial charge in [-0.3, -0.25) is 10.1 Å². The van der Waals surface area contributed by atoms with Crippen LogP contribution in [0.2, 0.25) is 0 Å². The molecule has 0 heterocycles. The highest BCUT2D eigenvalue weighted by molar-refractivity contribution is 9.10. The molecule has 0 aliphatic heterocycles. The van der Waals surface area contributed by atoms with Crippen molar-refractivity contribution in [2.75, 3.05) is 5.32 Å². The highest BCUT2D eigenvalue weighted by atomic mass is 79.9. The quantitative estimate of drug-likeness (QED) is 0.741. The zero-order valence-corrected chi connectivity index (χ0v) is 11.5. The first-order valence-corrected chi connectivity index (χ1v) is 5.97. The van der Waals surface area contributed by atoms with Crippen molar-refractivity contribution in [1.82, 2.24) is 5.32 Å². The van der Waals surface area contributed by atoms with E-state index in [0.717, 1.165) is 16.1 Å². The van der Waals surface area contributed by atoms with Gasteiger partial charge in [0.1, 0.15) is 0 Å². The molecule has 6 nitrogen and oxygen atoms in total. The molecule has 0 radical (unpaired) electrons. The number of hydrogen-bond acceptors (Lipinski definition) is 3. The highest BCUT2D eigenvalue weighted by Crippen LogP contribution is 2.19. The summed E-state index contributed by atoms with van der Waals surface area (Å²) >= 11 is 3.29. The normalized spacial score (nSPS) is 10.2. The van der Waals surface area contributed by atoms with E-state index >= 15 is 0 Å². The minimum absolute atomic E-state index is 0.552. The molecule has 1 aromatic carbocycles. The maximum Gasteiger partial charge on any atom is 0.328 e. The molecule has 0 spiro atoms. The molecule has 0 aliphatic rings. The highest BCUT2D eigenvalue weighted by Gasteiger charge is 2.07. The van der Waals surface area contributed by atoms with Crippen LogP contribution in [0.5, 0.6) is 0 Å². The third-order valence-electron chi connectivity index (χ3n) is 2.05. The number of anilines is 1. The lowest BCUT2D eigenvalue weighted by molar-refractivity contribution is -0.131. The Labute approximate surface area is 117 Å². The fourth-order valence-electron chi connectivity index (χ4n) is 1.22. The lowest BCUT2D eigenvalue weighted by Crippen LogP contribution is -2.33. The number of amides is 3. The van der Waals surface area contributed by atoms with Gasteiger partial charge in [-0.15, -0.1) is 0 Å². The van der Waals surface area contributed by atoms with Gasteiger partial charge in [0, 0.05) is 22.3 Å². The number of carboxylic acid groups (broad SMARTS) is 1. The van der Waals surface area contributed by atoms with Crippen molar-refractivity contribution in [2.24, 2.45) is 0 Å². The minimum Gasteiger partial charge on any atom is -0.478 e. The Balaban J connectivity index is 2.60. The summed E-state index contributed by atoms with van der Waals surface area (Å²) in [7, 11) is 0. The molecule has 3 N–H and O–H groups in total. The summed E-state index contributed by atoms with van der Waals surface area (Å²) in [6.45, 7) is 1.80. The summed E-state index contributed by atoms with van der Waals surface area (Å²) in [5, 5.41) is 12.8. The number of aliphatic carboxylic acids is 1. The first-order chi connectivity index (χ1) is 8.88. The van der Waals surface area contributed by atoms with Gasteiger partial charge in [0.15, 0.2) is 0 Å². The minimum atomic E-state index is -1.26. The van der Waals surface area contributed by atoms with Gasteiger partial charge in [0.05, 0.1) is 0 Å². The molecule has 0 atom stereocenters. The van der Waals surface area contributed by atoms with E-state index in [1.54, 1.807) is 19.1 Å². The van der Waals surface area contributed by atoms with Crippen LogP contribution in [0.25, 0.3) is 0 Å². The Bertz CT molecular complexity index is 555. The van der Waals surface area contributed by atoms with Gasteiger partial charge in [-0.05, 0) is 30.7 Å². The van der Waals surface area contributed by atoms with Crippen molar-refractivity contribution >= 4 is 39.5 Å². The predicted octanol–water partition coefficient (Wildman–Crippen LogP) is 2.05. The number of imide groups is 1. The van der Waals surface area contributed by atoms with E-state index in [0.29, 0.717) is 11.8 Å². The summed E-state index contributed by atoms with van der Waals surface area (Å²) in [5.74, 6) is -2.08. The third kappa shape index (κ3) is 5.35. The van der Waals surface area contributed by atoms with Crippen molar-refractivity contribution in [3.05, 3.63) is 40.4 Å². The molecule has 0 unspecified atom stereocenters. The van der Waals surface area contributed by atoms with E-state index in [1.165, 1.54) is 0 Å². The largest absolute Gasteiger partial charge is 0.478 e. The molecular formula is C12H11BrN2O4. The molecule has 3 amide bonds. The zero-order valence-electron chi connectivity index (χ0n) is 9.94. The second-order valence-electron chi connectivity index (χ2n) is 3.57. The molecule has 0 saturated carbocycles. The van der Waals surface area contributed by atoms with Crippen LogP contribution in [0, 0.1) is 6.92 Å². The van der Waals surface area contributed by atoms with E-state index in [9.17, 15) is 14.4 Å². The van der Waals surface area contributed by atoms with Gasteiger partial charge in [0.25, 0.3) is 5.91 Å². The average Bonchev–Trinajstić information content (AvgIpc) is 2.30. The maximum atomic E-state index is 11.5. The van der Waals surface area contributed by atoms with Crippen LogP contribution in [0.3, 0.4) is 0 Å². The van der Waals surface area contributed by atoms with Crippen LogP contribution in [-0.4, -0.2) is 23.0 Å². The Morgan fingerprint density at radius 2 is 1.95 bits per heavy atom. The first kappa shape index (κ1) is 14.9. The number of carbonyl (C=O) groups excluding carboxylic acids is 2. The molecule has 19 heavy (non-hydrogen) atoms. The average molecular weight is 327 g/mol. The molecule has 0 saturated heterocycles. The van der Waals surface area contributed by atoms with Crippen molar-refractivity contribution in [1.29, 1.82) is 0 Å². The summed E-state index contributed by atoms with van der Waals surface area (Å²) in [5.41, 5.74) is 1.37. The Hall–Kier alpha value is -2.15. The fourth-order valence-corrected chi connectivity index (χ4v) is 1.70. The van der Waals surface area contributed by atoms with Crippen molar-refractivity contribution < 1.29 is 19.5 Å². The molecule has 1 rings (SSSR count). The van der Waals surface area contributed by atoms with Gasteiger partial charge < -0.3 is 10.4 Å². The molecule has 7 heteroatoms. The summed E-state index contributed by atoms with van der Waals surface area (Å²) < 4.78 is 0.872. The maximum absolute atomic E-state index is 11.5. The van der Waals surface area contributed by atoms with Crippen molar-refractivity contribution in [3.63, 3.8) is 0 Å². The van der Waals surface area contributed by atoms with Crippen LogP contribution in [-0.2, 0) is 9.59 Å². The number of benzene rings is 1. The van der Waals surface area contributed by atoms with E-state index in [4.69, 9.17) is 5.11 Å². The second kappa shape index (κ2) is 6.69. The summed E-state index contributed by atoms with van der Waals surface area (Å²) in [6.07, 6.45) is 1.41. The Morgan fingerprint density at radius 1 is 1.26 bits per heavy atom. The summed E-state index contributed by atoms with van der Waals surface area (Å²) in [6, 6.07) is 4.50. The zero-order chi connectivity index (χ0) is 14.4. The number of aryl methyl sites for hydroxylation is 1. The number of nitrogens with one attached hydrogen (secondary N) is 2. The van der Waals surface area contributed by atoms with Crippen molar-refractivity contribution in [2.45, 2.75) is 6.92 Å². The van der Waals surface area contributed by atoms with E-state index in [2.05, 4.69) is 21.2 Å². The van der Waals surface area contributed by atoms with E-state index in [1.807, 2.05) is 11.4 Å². The lowest BCUT2D eigenvalue weighted by atomic mass is 10.2. The van der Waals surface area contributed by atoms with Crippen LogP contribution >= 0.6 is 15.9 Å². The molecule has 0 fully saturated rings. The van der Waals surface area contributed by atoms with Crippen LogP contribution in [0.4, 0.5) is 10.5 Å². The first-order valence-electron chi connectivity index (χ1n) is 5.17. The smallest absolute Gasteiger partial charge is 0.328 e. The Morgan fingerprint density at radius 3 is 2.53 bits per heavy atom. The summed E-state index contributed by atoms with van der Waals surface area (Å²) in [4.78, 5) is 32.8. The fraction of sp³-hybridized carbons (Fsp3) is 0.0833. The van der Waals surface area contributed by atoms with Gasteiger partial charge >= 0.3 is 12.0 Å². The standard InChI is InChI=1S/C12H11BrN2O4/c1-7-6-8(13)2-3-9(7)14-12(19)15-10(16)4-5-11(17)18/h2-6H,1H3,(H,17,18)(H2,14,15,16,19)/b5-4+. The number of carboxylic acids is 1. The monoisotopic (exact) mass is 326 g/mol. The lowest BCUT2D eigenvalue weighted by Gasteiger charge is -2.08. The predicted molar refractivity (Wildman–Crippen MR) is 72.8 cm³/mol. The van der Waals surface area contributed by atoms with Gasteiger partial charge in [0.2, 0.25) is 0 Å². The van der Waals surface area contributed by atoms with Crippen LogP contribution < -0.4 is 10.6 Å². The van der Waals surface area contributed by atoms with Crippen molar-refractivity contribution in [3.8, 4) is 0 Å². The van der Waals surface area contributed by atoms with E-state index in [-0.39, 0.29) is 0 Å². The van der Waals surface area contributed by atoms with Gasteiger partial charge in [-0.2, -0.15) is 0 Å². The molecule has 100 valence electrons. The molecule has 0 bridgehead atoms. The van der Waals surface area contributed by atoms with E-state index < -0.39 is 17.9 Å². The number of rotatable bonds is 3. The molecular weight excluding hydrogens is 316 g/mol. The third-order valence-corrected chi connectivity index (χ3v) is 2.54. The molecule has 0 aliphatic carbocycles. The second-order valence-corrected chi connectivity index (χ2v) is 4.49. The number of halogens is 1. The van der Waals surface area contributed by atoms with Crippen LogP contribution in [0.15, 0.2) is 34.8 Å². The van der Waals surface area contributed by atoms with Gasteiger partial charge in [-0.25, -0.2) is 9.59 Å². The Kier molecular flexibility index (Phi) is 5.25. The number of hydrogen-bond donors (Lipinski definition) is 3. The topological polar surface area (TPSA) is 95.5 Å². The molecule has 0 aromatic heterocycles. The van der Waals surface area contributed by atoms with Crippen LogP contribution in [0.1, 0.15) is 5.56 Å². The van der Waals surface area contributed by atoms with Gasteiger partial charge in [-0.1, -0.05) is 15.9 Å². The number of carbonyl (C=O) groups is 3. The SMILES string of the molecule is Cc1cc(Br)ccc1NC(=O)NC(=O)/C=C/C(=O)O. The number of urea groups is 1. The molecule has 1 aromatic rings.